The van der Waals surface area contributed by atoms with Gasteiger partial charge in [-0.25, -0.2) is 8.78 Å². The lowest BCUT2D eigenvalue weighted by Crippen LogP contribution is -2.34. The van der Waals surface area contributed by atoms with Crippen molar-refractivity contribution >= 4 is 15.9 Å². The molecule has 0 N–H and O–H groups in total. The average Bonchev–Trinajstić information content (AvgIpc) is 2.21. The molecule has 0 aromatic heterocycles. The van der Waals surface area contributed by atoms with Gasteiger partial charge in [-0.15, -0.1) is 0 Å². The Morgan fingerprint density at radius 3 is 2.71 bits per heavy atom. The molecule has 1 nitrogen and oxygen atoms in total. The standard InChI is InChI=1S/C13H16BrF2N/c1-17(7-9-4-11(14)5-9)8-10-6-12(15)2-3-13(10)16/h2-3,6,9,11H,4-5,7-8H2,1H3. The van der Waals surface area contributed by atoms with E-state index in [0.29, 0.717) is 22.9 Å². The van der Waals surface area contributed by atoms with Crippen molar-refractivity contribution in [1.82, 2.24) is 4.90 Å². The summed E-state index contributed by atoms with van der Waals surface area (Å²) in [6, 6.07) is 3.62. The molecule has 0 bridgehead atoms. The summed E-state index contributed by atoms with van der Waals surface area (Å²) < 4.78 is 26.4. The minimum Gasteiger partial charge on any atom is -0.302 e. The van der Waals surface area contributed by atoms with Gasteiger partial charge in [-0.05, 0) is 44.0 Å². The van der Waals surface area contributed by atoms with Crippen molar-refractivity contribution in [2.75, 3.05) is 13.6 Å². The maximum absolute atomic E-state index is 13.4. The molecule has 1 fully saturated rings. The van der Waals surface area contributed by atoms with Crippen LogP contribution in [0.4, 0.5) is 8.78 Å². The first-order valence-electron chi connectivity index (χ1n) is 5.81. The monoisotopic (exact) mass is 303 g/mol. The van der Waals surface area contributed by atoms with Crippen LogP contribution in [0.3, 0.4) is 0 Å². The molecule has 0 atom stereocenters. The molecule has 0 amide bonds. The third-order valence-electron chi connectivity index (χ3n) is 3.20. The van der Waals surface area contributed by atoms with Crippen LogP contribution in [0.1, 0.15) is 18.4 Å². The van der Waals surface area contributed by atoms with E-state index in [9.17, 15) is 8.78 Å². The molecule has 1 aromatic carbocycles. The fraction of sp³-hybridized carbons (Fsp3) is 0.538. The summed E-state index contributed by atoms with van der Waals surface area (Å²) in [5.74, 6) is -0.0230. The van der Waals surface area contributed by atoms with Crippen LogP contribution in [0.5, 0.6) is 0 Å². The van der Waals surface area contributed by atoms with Crippen molar-refractivity contribution in [3.63, 3.8) is 0 Å². The van der Waals surface area contributed by atoms with Crippen molar-refractivity contribution in [2.45, 2.75) is 24.2 Å². The Morgan fingerprint density at radius 1 is 1.35 bits per heavy atom. The van der Waals surface area contributed by atoms with Gasteiger partial charge in [-0.2, -0.15) is 0 Å². The van der Waals surface area contributed by atoms with Crippen LogP contribution in [0.15, 0.2) is 18.2 Å². The van der Waals surface area contributed by atoms with E-state index < -0.39 is 0 Å². The summed E-state index contributed by atoms with van der Waals surface area (Å²) in [6.07, 6.45) is 2.35. The van der Waals surface area contributed by atoms with Crippen LogP contribution < -0.4 is 0 Å². The third kappa shape index (κ3) is 3.49. The number of halogens is 3. The van der Waals surface area contributed by atoms with E-state index >= 15 is 0 Å². The Bertz CT molecular complexity index is 391. The van der Waals surface area contributed by atoms with Crippen molar-refractivity contribution in [3.05, 3.63) is 35.4 Å². The zero-order valence-electron chi connectivity index (χ0n) is 9.80. The summed E-state index contributed by atoms with van der Waals surface area (Å²) in [5.41, 5.74) is 0.433. The molecule has 1 aliphatic carbocycles. The average molecular weight is 304 g/mol. The summed E-state index contributed by atoms with van der Waals surface area (Å²) >= 11 is 3.55. The van der Waals surface area contributed by atoms with Crippen LogP contribution in [0, 0.1) is 17.6 Å². The molecule has 0 heterocycles. The Labute approximate surface area is 109 Å². The van der Waals surface area contributed by atoms with Crippen LogP contribution in [0.25, 0.3) is 0 Å². The van der Waals surface area contributed by atoms with Crippen LogP contribution in [-0.2, 0) is 6.54 Å². The van der Waals surface area contributed by atoms with Gasteiger partial charge in [0.2, 0.25) is 0 Å². The van der Waals surface area contributed by atoms with Gasteiger partial charge in [0.1, 0.15) is 11.6 Å². The second kappa shape index (κ2) is 5.44. The molecule has 2 rings (SSSR count). The zero-order chi connectivity index (χ0) is 12.4. The molecule has 94 valence electrons. The van der Waals surface area contributed by atoms with E-state index in [-0.39, 0.29) is 11.6 Å². The number of hydrogen-bond acceptors (Lipinski definition) is 1. The normalized spacial score (nSPS) is 23.8. The first-order valence-corrected chi connectivity index (χ1v) is 6.72. The highest BCUT2D eigenvalue weighted by Crippen LogP contribution is 2.33. The number of hydrogen-bond donors (Lipinski definition) is 0. The summed E-state index contributed by atoms with van der Waals surface area (Å²) in [7, 11) is 1.95. The van der Waals surface area contributed by atoms with Gasteiger partial charge >= 0.3 is 0 Å². The Morgan fingerprint density at radius 2 is 2.06 bits per heavy atom. The number of benzene rings is 1. The molecular weight excluding hydrogens is 288 g/mol. The quantitative estimate of drug-likeness (QED) is 0.769. The first kappa shape index (κ1) is 13.0. The van der Waals surface area contributed by atoms with E-state index in [2.05, 4.69) is 20.8 Å². The molecular formula is C13H16BrF2N. The van der Waals surface area contributed by atoms with Gasteiger partial charge in [0, 0.05) is 23.5 Å². The maximum atomic E-state index is 13.4. The lowest BCUT2D eigenvalue weighted by atomic mass is 9.85. The van der Waals surface area contributed by atoms with Gasteiger partial charge in [0.25, 0.3) is 0 Å². The molecule has 1 saturated carbocycles. The highest BCUT2D eigenvalue weighted by atomic mass is 79.9. The van der Waals surface area contributed by atoms with Crippen molar-refractivity contribution < 1.29 is 8.78 Å². The van der Waals surface area contributed by atoms with E-state index in [0.717, 1.165) is 12.6 Å². The molecule has 0 saturated heterocycles. The van der Waals surface area contributed by atoms with E-state index in [4.69, 9.17) is 0 Å². The largest absolute Gasteiger partial charge is 0.302 e. The fourth-order valence-corrected chi connectivity index (χ4v) is 3.32. The number of rotatable bonds is 4. The predicted octanol–water partition coefficient (Wildman–Crippen LogP) is 3.57. The van der Waals surface area contributed by atoms with Gasteiger partial charge in [0.05, 0.1) is 0 Å². The molecule has 0 radical (unpaired) electrons. The van der Waals surface area contributed by atoms with E-state index in [1.807, 2.05) is 7.05 Å². The topological polar surface area (TPSA) is 3.24 Å². The lowest BCUT2D eigenvalue weighted by Gasteiger charge is -2.34. The van der Waals surface area contributed by atoms with Crippen LogP contribution in [-0.4, -0.2) is 23.3 Å². The summed E-state index contributed by atoms with van der Waals surface area (Å²) in [4.78, 5) is 2.70. The molecule has 0 spiro atoms. The minimum absolute atomic E-state index is 0.328. The Hall–Kier alpha value is -0.480. The lowest BCUT2D eigenvalue weighted by molar-refractivity contribution is 0.206. The Balaban J connectivity index is 1.89. The SMILES string of the molecule is CN(Cc1cc(F)ccc1F)CC1CC(Br)C1. The fourth-order valence-electron chi connectivity index (χ4n) is 2.26. The summed E-state index contributed by atoms with van der Waals surface area (Å²) in [5, 5.41) is 0. The summed E-state index contributed by atoms with van der Waals surface area (Å²) in [6.45, 7) is 1.41. The minimum atomic E-state index is -0.376. The van der Waals surface area contributed by atoms with Crippen molar-refractivity contribution in [2.24, 2.45) is 5.92 Å². The first-order chi connectivity index (χ1) is 8.04. The van der Waals surface area contributed by atoms with Gasteiger partial charge in [0.15, 0.2) is 0 Å². The Kier molecular flexibility index (Phi) is 4.15. The molecule has 17 heavy (non-hydrogen) atoms. The maximum Gasteiger partial charge on any atom is 0.127 e. The number of nitrogens with zero attached hydrogens (tertiary/aromatic N) is 1. The molecule has 4 heteroatoms. The third-order valence-corrected chi connectivity index (χ3v) is 3.94. The highest BCUT2D eigenvalue weighted by Gasteiger charge is 2.27. The molecule has 1 aromatic rings. The van der Waals surface area contributed by atoms with Crippen molar-refractivity contribution in [3.8, 4) is 0 Å². The van der Waals surface area contributed by atoms with Gasteiger partial charge < -0.3 is 4.90 Å². The second-order valence-corrected chi connectivity index (χ2v) is 6.16. The second-order valence-electron chi connectivity index (χ2n) is 4.87. The highest BCUT2D eigenvalue weighted by molar-refractivity contribution is 9.09. The number of alkyl halides is 1. The van der Waals surface area contributed by atoms with Gasteiger partial charge in [-0.1, -0.05) is 15.9 Å². The molecule has 0 aliphatic heterocycles. The van der Waals surface area contributed by atoms with Gasteiger partial charge in [-0.3, -0.25) is 0 Å². The zero-order valence-corrected chi connectivity index (χ0v) is 11.4. The van der Waals surface area contributed by atoms with Crippen molar-refractivity contribution in [1.29, 1.82) is 0 Å². The molecule has 0 unspecified atom stereocenters. The van der Waals surface area contributed by atoms with E-state index in [1.165, 1.54) is 25.0 Å². The van der Waals surface area contributed by atoms with Crippen LogP contribution in [0.2, 0.25) is 0 Å². The van der Waals surface area contributed by atoms with Crippen LogP contribution >= 0.6 is 15.9 Å². The predicted molar refractivity (Wildman–Crippen MR) is 68.1 cm³/mol. The van der Waals surface area contributed by atoms with E-state index in [1.54, 1.807) is 0 Å². The smallest absolute Gasteiger partial charge is 0.127 e. The molecule has 1 aliphatic rings.